The molecular weight excluding hydrogens is 210 g/mol. The van der Waals surface area contributed by atoms with Crippen molar-refractivity contribution in [1.29, 1.82) is 0 Å². The van der Waals surface area contributed by atoms with Gasteiger partial charge in [0.15, 0.2) is 11.5 Å². The lowest BCUT2D eigenvalue weighted by molar-refractivity contribution is -0.134. The van der Waals surface area contributed by atoms with Gasteiger partial charge in [0.25, 0.3) is 5.91 Å². The number of ether oxygens (including phenoxy) is 1. The molecule has 0 saturated carbocycles. The van der Waals surface area contributed by atoms with Gasteiger partial charge in [0.1, 0.15) is 0 Å². The Hall–Kier alpha value is -1.36. The van der Waals surface area contributed by atoms with E-state index in [0.717, 1.165) is 6.08 Å². The predicted octanol–water partition coefficient (Wildman–Crippen LogP) is 0.512. The molecule has 5 heteroatoms. The van der Waals surface area contributed by atoms with Crippen molar-refractivity contribution in [2.45, 2.75) is 13.8 Å². The van der Waals surface area contributed by atoms with E-state index in [1.165, 1.54) is 4.90 Å². The monoisotopic (exact) mass is 227 g/mol. The highest BCUT2D eigenvalue weighted by Gasteiger charge is 2.21. The minimum atomic E-state index is -0.503. The number of carbonyl (C=O) groups is 2. The molecule has 1 heterocycles. The van der Waals surface area contributed by atoms with Crippen LogP contribution in [0.4, 0.5) is 0 Å². The minimum absolute atomic E-state index is 0.223. The van der Waals surface area contributed by atoms with Crippen LogP contribution >= 0.6 is 0 Å². The molecule has 1 rings (SSSR count). The fourth-order valence-electron chi connectivity index (χ4n) is 1.29. The molecule has 0 aliphatic carbocycles. The summed E-state index contributed by atoms with van der Waals surface area (Å²) in [6.07, 6.45) is 1.00. The third-order valence-corrected chi connectivity index (χ3v) is 2.37. The number of ketones is 1. The average Bonchev–Trinajstić information content (AvgIpc) is 2.28. The van der Waals surface area contributed by atoms with Crippen LogP contribution in [0, 0.1) is 5.92 Å². The lowest BCUT2D eigenvalue weighted by Gasteiger charge is -2.26. The van der Waals surface area contributed by atoms with Crippen molar-refractivity contribution in [3.8, 4) is 0 Å². The maximum absolute atomic E-state index is 11.7. The molecule has 1 N–H and O–H groups in total. The van der Waals surface area contributed by atoms with Gasteiger partial charge in [-0.05, 0) is 0 Å². The first-order valence-electron chi connectivity index (χ1n) is 5.34. The molecule has 16 heavy (non-hydrogen) atoms. The van der Waals surface area contributed by atoms with Crippen LogP contribution in [0.1, 0.15) is 13.8 Å². The second-order valence-electron chi connectivity index (χ2n) is 3.99. The summed E-state index contributed by atoms with van der Waals surface area (Å²) >= 11 is 0. The molecule has 0 radical (unpaired) electrons. The van der Waals surface area contributed by atoms with Crippen molar-refractivity contribution in [1.82, 2.24) is 4.90 Å². The summed E-state index contributed by atoms with van der Waals surface area (Å²) in [4.78, 5) is 24.4. The van der Waals surface area contributed by atoms with Crippen LogP contribution in [0.15, 0.2) is 11.8 Å². The van der Waals surface area contributed by atoms with E-state index in [-0.39, 0.29) is 11.7 Å². The number of nitrogens with zero attached hydrogens (tertiary/aromatic N) is 1. The van der Waals surface area contributed by atoms with Gasteiger partial charge in [-0.2, -0.15) is 0 Å². The molecule has 5 nitrogen and oxygen atoms in total. The molecular formula is C11H17NO4. The maximum atomic E-state index is 11.7. The normalized spacial score (nSPS) is 17.7. The molecule has 1 aliphatic heterocycles. The van der Waals surface area contributed by atoms with Crippen molar-refractivity contribution >= 4 is 11.7 Å². The summed E-state index contributed by atoms with van der Waals surface area (Å²) in [6.45, 7) is 5.27. The van der Waals surface area contributed by atoms with E-state index < -0.39 is 11.7 Å². The van der Waals surface area contributed by atoms with Crippen molar-refractivity contribution in [2.75, 3.05) is 26.3 Å². The molecule has 0 aromatic heterocycles. The summed E-state index contributed by atoms with van der Waals surface area (Å²) in [5.74, 6) is -1.46. The summed E-state index contributed by atoms with van der Waals surface area (Å²) in [6, 6.07) is 0. The number of hydrogen-bond donors (Lipinski definition) is 1. The van der Waals surface area contributed by atoms with Crippen LogP contribution in [0.2, 0.25) is 0 Å². The second kappa shape index (κ2) is 5.65. The molecule has 0 atom stereocenters. The van der Waals surface area contributed by atoms with Crippen molar-refractivity contribution in [3.63, 3.8) is 0 Å². The third-order valence-electron chi connectivity index (χ3n) is 2.37. The van der Waals surface area contributed by atoms with Gasteiger partial charge in [-0.3, -0.25) is 9.59 Å². The van der Waals surface area contributed by atoms with Gasteiger partial charge in [-0.25, -0.2) is 0 Å². The van der Waals surface area contributed by atoms with E-state index in [4.69, 9.17) is 4.74 Å². The Bertz CT molecular complexity index is 303. The Morgan fingerprint density at radius 2 is 1.88 bits per heavy atom. The van der Waals surface area contributed by atoms with Gasteiger partial charge in [0.2, 0.25) is 0 Å². The molecule has 90 valence electrons. The van der Waals surface area contributed by atoms with Gasteiger partial charge >= 0.3 is 0 Å². The molecule has 1 aliphatic rings. The molecule has 1 fully saturated rings. The first-order valence-corrected chi connectivity index (χ1v) is 5.34. The Labute approximate surface area is 94.7 Å². The standard InChI is InChI=1S/C11H17NO4/c1-8(2)9(13)7-10(14)11(15)12-3-5-16-6-4-12/h7-8,14H,3-6H2,1-2H3. The Morgan fingerprint density at radius 3 is 2.38 bits per heavy atom. The lowest BCUT2D eigenvalue weighted by atomic mass is 10.1. The van der Waals surface area contributed by atoms with E-state index in [1.807, 2.05) is 0 Å². The number of morpholine rings is 1. The first-order chi connectivity index (χ1) is 7.52. The Morgan fingerprint density at radius 1 is 1.31 bits per heavy atom. The average molecular weight is 227 g/mol. The van der Waals surface area contributed by atoms with Crippen LogP contribution in [-0.2, 0) is 14.3 Å². The van der Waals surface area contributed by atoms with E-state index in [0.29, 0.717) is 26.3 Å². The number of amides is 1. The van der Waals surface area contributed by atoms with Crippen LogP contribution in [0.3, 0.4) is 0 Å². The number of aliphatic hydroxyl groups is 1. The van der Waals surface area contributed by atoms with Gasteiger partial charge < -0.3 is 14.7 Å². The summed E-state index contributed by atoms with van der Waals surface area (Å²) in [5, 5.41) is 9.50. The molecule has 0 aromatic carbocycles. The zero-order valence-corrected chi connectivity index (χ0v) is 9.60. The number of hydrogen-bond acceptors (Lipinski definition) is 4. The van der Waals surface area contributed by atoms with E-state index in [2.05, 4.69) is 0 Å². The third kappa shape index (κ3) is 3.34. The zero-order valence-electron chi connectivity index (χ0n) is 9.60. The van der Waals surface area contributed by atoms with E-state index in [9.17, 15) is 14.7 Å². The zero-order chi connectivity index (χ0) is 12.1. The molecule has 0 aromatic rings. The van der Waals surface area contributed by atoms with Gasteiger partial charge in [0, 0.05) is 25.1 Å². The maximum Gasteiger partial charge on any atom is 0.288 e. The quantitative estimate of drug-likeness (QED) is 0.563. The number of aliphatic hydroxyl groups excluding tert-OH is 1. The van der Waals surface area contributed by atoms with Crippen molar-refractivity contribution in [3.05, 3.63) is 11.8 Å². The van der Waals surface area contributed by atoms with Crippen molar-refractivity contribution < 1.29 is 19.4 Å². The van der Waals surface area contributed by atoms with E-state index >= 15 is 0 Å². The highest BCUT2D eigenvalue weighted by Crippen LogP contribution is 2.05. The lowest BCUT2D eigenvalue weighted by Crippen LogP contribution is -2.41. The van der Waals surface area contributed by atoms with Gasteiger partial charge in [-0.1, -0.05) is 13.8 Å². The Kier molecular flexibility index (Phi) is 4.49. The highest BCUT2D eigenvalue weighted by atomic mass is 16.5. The molecule has 1 amide bonds. The fourth-order valence-corrected chi connectivity index (χ4v) is 1.29. The molecule has 0 bridgehead atoms. The predicted molar refractivity (Wildman–Crippen MR) is 58.0 cm³/mol. The highest BCUT2D eigenvalue weighted by molar-refractivity contribution is 6.00. The number of allylic oxidation sites excluding steroid dienone is 1. The minimum Gasteiger partial charge on any atom is -0.503 e. The second-order valence-corrected chi connectivity index (χ2v) is 3.99. The molecule has 1 saturated heterocycles. The molecule has 0 unspecified atom stereocenters. The van der Waals surface area contributed by atoms with Crippen LogP contribution in [0.5, 0.6) is 0 Å². The SMILES string of the molecule is CC(C)C(=O)C=C(O)C(=O)N1CCOCC1. The van der Waals surface area contributed by atoms with Gasteiger partial charge in [-0.15, -0.1) is 0 Å². The Balaban J connectivity index is 2.61. The van der Waals surface area contributed by atoms with Crippen LogP contribution in [0.25, 0.3) is 0 Å². The molecule has 0 spiro atoms. The van der Waals surface area contributed by atoms with Crippen LogP contribution < -0.4 is 0 Å². The smallest absolute Gasteiger partial charge is 0.288 e. The van der Waals surface area contributed by atoms with Gasteiger partial charge in [0.05, 0.1) is 13.2 Å². The summed E-state index contributed by atoms with van der Waals surface area (Å²) < 4.78 is 5.09. The fraction of sp³-hybridized carbons (Fsp3) is 0.636. The topological polar surface area (TPSA) is 66.8 Å². The van der Waals surface area contributed by atoms with E-state index in [1.54, 1.807) is 13.8 Å². The van der Waals surface area contributed by atoms with Crippen LogP contribution in [-0.4, -0.2) is 48.0 Å². The number of carbonyl (C=O) groups excluding carboxylic acids is 2. The first kappa shape index (κ1) is 12.7. The van der Waals surface area contributed by atoms with Crippen molar-refractivity contribution in [2.24, 2.45) is 5.92 Å². The summed E-state index contributed by atoms with van der Waals surface area (Å²) in [7, 11) is 0. The number of rotatable bonds is 3. The largest absolute Gasteiger partial charge is 0.503 e. The summed E-state index contributed by atoms with van der Waals surface area (Å²) in [5.41, 5.74) is 0.